The predicted molar refractivity (Wildman–Crippen MR) is 92.0 cm³/mol. The summed E-state index contributed by atoms with van der Waals surface area (Å²) in [5.41, 5.74) is 4.30. The van der Waals surface area contributed by atoms with Gasteiger partial charge in [-0.15, -0.1) is 0 Å². The van der Waals surface area contributed by atoms with E-state index in [1.165, 1.54) is 27.7 Å². The highest BCUT2D eigenvalue weighted by Gasteiger charge is 2.45. The van der Waals surface area contributed by atoms with E-state index in [1.807, 2.05) is 0 Å². The number of aliphatic hydroxyl groups excluding tert-OH is 1. The van der Waals surface area contributed by atoms with Gasteiger partial charge in [0.1, 0.15) is 0 Å². The molecule has 4 atom stereocenters. The maximum absolute atomic E-state index is 9.62. The van der Waals surface area contributed by atoms with Crippen LogP contribution in [0.15, 0.2) is 15.0 Å². The molecule has 0 aromatic heterocycles. The number of hydrogen-bond acceptors (Lipinski definition) is 3. The zero-order chi connectivity index (χ0) is 14.7. The molecule has 21 heavy (non-hydrogen) atoms. The van der Waals surface area contributed by atoms with Crippen molar-refractivity contribution in [2.45, 2.75) is 30.7 Å². The smallest absolute Gasteiger partial charge is 0.0524 e. The molecule has 0 bridgehead atoms. The van der Waals surface area contributed by atoms with E-state index in [-0.39, 0.29) is 0 Å². The number of rotatable bonds is 1. The summed E-state index contributed by atoms with van der Waals surface area (Å²) in [6.07, 6.45) is 2.33. The third kappa shape index (κ3) is 2.12. The summed E-state index contributed by atoms with van der Waals surface area (Å²) < 4.78 is 2.39. The van der Waals surface area contributed by atoms with Gasteiger partial charge in [-0.1, -0.05) is 15.9 Å². The predicted octanol–water partition coefficient (Wildman–Crippen LogP) is 3.52. The molecule has 5 heteroatoms. The monoisotopic (exact) mass is 414 g/mol. The maximum atomic E-state index is 9.62. The van der Waals surface area contributed by atoms with E-state index >= 15 is 0 Å². The van der Waals surface area contributed by atoms with Crippen LogP contribution in [0.3, 0.4) is 0 Å². The minimum atomic E-state index is 0.297. The summed E-state index contributed by atoms with van der Waals surface area (Å²) in [5, 5.41) is 13.2. The first-order chi connectivity index (χ1) is 10.1. The number of likely N-dealkylation sites (N-methyl/N-ethyl adjacent to an activating group) is 1. The summed E-state index contributed by atoms with van der Waals surface area (Å²) in [5.74, 6) is 1.56. The van der Waals surface area contributed by atoms with E-state index in [1.54, 1.807) is 0 Å². The van der Waals surface area contributed by atoms with E-state index in [4.69, 9.17) is 0 Å². The fourth-order valence-electron chi connectivity index (χ4n) is 4.68. The lowest BCUT2D eigenvalue weighted by atomic mass is 9.69. The molecule has 2 heterocycles. The maximum Gasteiger partial charge on any atom is 0.0524 e. The molecule has 3 unspecified atom stereocenters. The van der Waals surface area contributed by atoms with Crippen LogP contribution in [0, 0.1) is 5.92 Å². The molecule has 1 aromatic carbocycles. The Morgan fingerprint density at radius 3 is 2.86 bits per heavy atom. The van der Waals surface area contributed by atoms with E-state index < -0.39 is 0 Å². The molecule has 4 rings (SSSR count). The van der Waals surface area contributed by atoms with Crippen molar-refractivity contribution in [3.63, 3.8) is 0 Å². The van der Waals surface area contributed by atoms with E-state index in [2.05, 4.69) is 55.2 Å². The average Bonchev–Trinajstić information content (AvgIpc) is 2.88. The largest absolute Gasteiger partial charge is 0.396 e. The molecule has 2 aliphatic heterocycles. The first kappa shape index (κ1) is 14.5. The van der Waals surface area contributed by atoms with E-state index in [0.717, 1.165) is 24.0 Å². The number of aliphatic hydroxyl groups is 1. The number of nitrogens with one attached hydrogen (secondary N) is 1. The van der Waals surface area contributed by atoms with Crippen molar-refractivity contribution < 1.29 is 5.11 Å². The quantitative estimate of drug-likeness (QED) is 0.736. The Labute approximate surface area is 142 Å². The Kier molecular flexibility index (Phi) is 3.60. The van der Waals surface area contributed by atoms with Gasteiger partial charge in [0.15, 0.2) is 0 Å². The first-order valence-corrected chi connectivity index (χ1v) is 9.25. The summed E-state index contributed by atoms with van der Waals surface area (Å²) in [4.78, 5) is 2.48. The molecule has 0 radical (unpaired) electrons. The third-order valence-electron chi connectivity index (χ3n) is 5.56. The normalized spacial score (nSPS) is 34.3. The van der Waals surface area contributed by atoms with E-state index in [9.17, 15) is 5.11 Å². The fraction of sp³-hybridized carbons (Fsp3) is 0.625. The van der Waals surface area contributed by atoms with Crippen molar-refractivity contribution in [2.24, 2.45) is 5.92 Å². The lowest BCUT2D eigenvalue weighted by Gasteiger charge is -2.47. The third-order valence-corrected chi connectivity index (χ3v) is 6.84. The highest BCUT2D eigenvalue weighted by atomic mass is 79.9. The van der Waals surface area contributed by atoms with Gasteiger partial charge in [-0.2, -0.15) is 0 Å². The van der Waals surface area contributed by atoms with Gasteiger partial charge in [-0.05, 0) is 58.9 Å². The number of fused-ring (bicyclic) bond motifs is 2. The lowest BCUT2D eigenvalue weighted by molar-refractivity contribution is 0.0657. The van der Waals surface area contributed by atoms with Crippen molar-refractivity contribution >= 4 is 37.5 Å². The zero-order valence-corrected chi connectivity index (χ0v) is 15.2. The Bertz CT molecular complexity index is 592. The molecule has 1 aliphatic carbocycles. The van der Waals surface area contributed by atoms with Crippen molar-refractivity contribution in [2.75, 3.05) is 32.1 Å². The molecule has 3 nitrogen and oxygen atoms in total. The highest BCUT2D eigenvalue weighted by molar-refractivity contribution is 9.11. The molecule has 1 fully saturated rings. The number of benzene rings is 1. The van der Waals surface area contributed by atoms with Crippen molar-refractivity contribution in [3.8, 4) is 0 Å². The van der Waals surface area contributed by atoms with Crippen molar-refractivity contribution in [3.05, 3.63) is 26.1 Å². The topological polar surface area (TPSA) is 35.5 Å². The van der Waals surface area contributed by atoms with Crippen LogP contribution in [0.2, 0.25) is 0 Å². The van der Waals surface area contributed by atoms with Gasteiger partial charge in [0.05, 0.1) is 5.69 Å². The van der Waals surface area contributed by atoms with Crippen LogP contribution in [-0.2, 0) is 0 Å². The van der Waals surface area contributed by atoms with Gasteiger partial charge in [-0.3, -0.25) is 0 Å². The summed E-state index contributed by atoms with van der Waals surface area (Å²) in [6, 6.07) is 2.80. The van der Waals surface area contributed by atoms with Crippen LogP contribution in [0.25, 0.3) is 0 Å². The summed E-state index contributed by atoms with van der Waals surface area (Å²) in [6.45, 7) is 2.37. The molecule has 2 N–H and O–H groups in total. The second kappa shape index (κ2) is 5.22. The van der Waals surface area contributed by atoms with Crippen LogP contribution in [0.5, 0.6) is 0 Å². The molecule has 114 valence electrons. The number of halogens is 2. The summed E-state index contributed by atoms with van der Waals surface area (Å²) >= 11 is 7.50. The Morgan fingerprint density at radius 2 is 2.10 bits per heavy atom. The molecule has 0 spiro atoms. The number of likely N-dealkylation sites (tertiary alicyclic amines) is 1. The van der Waals surface area contributed by atoms with Crippen LogP contribution in [0.4, 0.5) is 5.69 Å². The minimum absolute atomic E-state index is 0.297. The minimum Gasteiger partial charge on any atom is -0.396 e. The lowest BCUT2D eigenvalue weighted by Crippen LogP contribution is -2.49. The van der Waals surface area contributed by atoms with Crippen LogP contribution >= 0.6 is 31.9 Å². The number of hydrogen-bond donors (Lipinski definition) is 2. The van der Waals surface area contributed by atoms with Crippen LogP contribution in [-0.4, -0.2) is 42.8 Å². The van der Waals surface area contributed by atoms with Crippen LogP contribution in [0.1, 0.15) is 35.8 Å². The van der Waals surface area contributed by atoms with Crippen LogP contribution < -0.4 is 5.32 Å². The number of piperidine rings is 1. The van der Waals surface area contributed by atoms with Gasteiger partial charge in [0.25, 0.3) is 0 Å². The summed E-state index contributed by atoms with van der Waals surface area (Å²) in [7, 11) is 2.22. The number of anilines is 1. The van der Waals surface area contributed by atoms with Gasteiger partial charge >= 0.3 is 0 Å². The zero-order valence-electron chi connectivity index (χ0n) is 12.1. The molecular formula is C16H20Br2N2O. The van der Waals surface area contributed by atoms with E-state index in [0.29, 0.717) is 30.4 Å². The molecule has 0 saturated carbocycles. The first-order valence-electron chi connectivity index (χ1n) is 7.67. The SMILES string of the molecule is CN1CC(CO)CC2c3c(Br)cc(Br)c4c3C(CN4)C[C@H]21. The van der Waals surface area contributed by atoms with Gasteiger partial charge in [-0.25, -0.2) is 0 Å². The van der Waals surface area contributed by atoms with Gasteiger partial charge in [0, 0.05) is 46.5 Å². The molecule has 1 aromatic rings. The molecule has 0 amide bonds. The molecular weight excluding hydrogens is 396 g/mol. The molecule has 1 saturated heterocycles. The second-order valence-corrected chi connectivity index (χ2v) is 8.46. The van der Waals surface area contributed by atoms with Gasteiger partial charge < -0.3 is 15.3 Å². The Morgan fingerprint density at radius 1 is 1.29 bits per heavy atom. The Hall–Kier alpha value is -0.100. The molecule has 3 aliphatic rings. The highest BCUT2D eigenvalue weighted by Crippen LogP contribution is 2.54. The number of nitrogens with zero attached hydrogens (tertiary/aromatic N) is 1. The van der Waals surface area contributed by atoms with Crippen molar-refractivity contribution in [1.29, 1.82) is 0 Å². The second-order valence-electron chi connectivity index (χ2n) is 6.75. The standard InChI is InChI=1S/C16H20Br2N2O/c1-20-6-8(7-21)2-10-13(20)3-9-5-19-16-12(18)4-11(17)15(10)14(9)16/h4,8-10,13,19,21H,2-3,5-7H2,1H3/t8?,9?,10?,13-/m1/s1. The van der Waals surface area contributed by atoms with Gasteiger partial charge in [0.2, 0.25) is 0 Å². The fourth-order valence-corrected chi connectivity index (χ4v) is 6.31. The average molecular weight is 416 g/mol. The Balaban J connectivity index is 1.85. The van der Waals surface area contributed by atoms with Crippen molar-refractivity contribution in [1.82, 2.24) is 4.90 Å².